The maximum Gasteiger partial charge on any atom is 0.343 e. The lowest BCUT2D eigenvalue weighted by Gasteiger charge is -2.08. The van der Waals surface area contributed by atoms with E-state index in [1.807, 2.05) is 0 Å². The Bertz CT molecular complexity index is 748. The van der Waals surface area contributed by atoms with Crippen molar-refractivity contribution in [3.8, 4) is 11.5 Å². The summed E-state index contributed by atoms with van der Waals surface area (Å²) in [7, 11) is -1.81. The lowest BCUT2D eigenvalue weighted by atomic mass is 10.2. The van der Waals surface area contributed by atoms with E-state index in [2.05, 4.69) is 0 Å². The number of rotatable bonds is 4. The first kappa shape index (κ1) is 15.1. The summed E-state index contributed by atoms with van der Waals surface area (Å²) in [6, 6.07) is 12.3. The molecule has 2 rings (SSSR count). The van der Waals surface area contributed by atoms with Crippen molar-refractivity contribution < 1.29 is 22.7 Å². The number of carbonyl (C=O) groups is 1. The predicted octanol–water partition coefficient (Wildman–Crippen LogP) is 2.32. The highest BCUT2D eigenvalue weighted by atomic mass is 32.2. The van der Waals surface area contributed by atoms with E-state index in [0.717, 1.165) is 6.26 Å². The zero-order chi connectivity index (χ0) is 15.5. The molecule has 0 aliphatic carbocycles. The smallest absolute Gasteiger partial charge is 0.343 e. The minimum atomic E-state index is -3.29. The van der Waals surface area contributed by atoms with Crippen molar-refractivity contribution in [3.05, 3.63) is 54.1 Å². The van der Waals surface area contributed by atoms with E-state index in [9.17, 15) is 13.2 Å². The van der Waals surface area contributed by atoms with Gasteiger partial charge in [0.2, 0.25) is 0 Å². The number of benzene rings is 2. The second kappa shape index (κ2) is 5.97. The zero-order valence-corrected chi connectivity index (χ0v) is 12.4. The Labute approximate surface area is 123 Å². The van der Waals surface area contributed by atoms with Crippen molar-refractivity contribution in [1.82, 2.24) is 0 Å². The summed E-state index contributed by atoms with van der Waals surface area (Å²) >= 11 is 0. The minimum Gasteiger partial charge on any atom is -0.493 e. The Morgan fingerprint density at radius 3 is 2.05 bits per heavy atom. The molecule has 0 radical (unpaired) electrons. The van der Waals surface area contributed by atoms with Gasteiger partial charge in [-0.05, 0) is 36.4 Å². The maximum absolute atomic E-state index is 12.0. The van der Waals surface area contributed by atoms with Crippen LogP contribution in [-0.4, -0.2) is 27.8 Å². The van der Waals surface area contributed by atoms with Gasteiger partial charge in [-0.15, -0.1) is 0 Å². The SMILES string of the molecule is COc1ccccc1OC(=O)c1ccc(S(C)(=O)=O)cc1. The fraction of sp³-hybridized carbons (Fsp3) is 0.133. The van der Waals surface area contributed by atoms with E-state index >= 15 is 0 Å². The van der Waals surface area contributed by atoms with Crippen LogP contribution in [0.2, 0.25) is 0 Å². The van der Waals surface area contributed by atoms with E-state index in [1.165, 1.54) is 31.4 Å². The third-order valence-corrected chi connectivity index (χ3v) is 3.92. The van der Waals surface area contributed by atoms with Gasteiger partial charge in [0.05, 0.1) is 17.6 Å². The predicted molar refractivity (Wildman–Crippen MR) is 77.5 cm³/mol. The van der Waals surface area contributed by atoms with Gasteiger partial charge in [0.25, 0.3) is 0 Å². The molecule has 110 valence electrons. The van der Waals surface area contributed by atoms with Crippen molar-refractivity contribution in [2.45, 2.75) is 4.90 Å². The Morgan fingerprint density at radius 1 is 0.952 bits per heavy atom. The average Bonchev–Trinajstić information content (AvgIpc) is 2.47. The lowest BCUT2D eigenvalue weighted by molar-refractivity contribution is 0.0729. The zero-order valence-electron chi connectivity index (χ0n) is 11.6. The molecule has 2 aromatic carbocycles. The Kier molecular flexibility index (Phi) is 4.28. The first-order valence-electron chi connectivity index (χ1n) is 6.07. The van der Waals surface area contributed by atoms with Crippen molar-refractivity contribution in [2.75, 3.05) is 13.4 Å². The molecule has 0 heterocycles. The molecule has 0 aromatic heterocycles. The van der Waals surface area contributed by atoms with E-state index in [1.54, 1.807) is 24.3 Å². The summed E-state index contributed by atoms with van der Waals surface area (Å²) in [5.74, 6) is 0.162. The molecule has 0 saturated carbocycles. The average molecular weight is 306 g/mol. The van der Waals surface area contributed by atoms with E-state index in [0.29, 0.717) is 11.5 Å². The van der Waals surface area contributed by atoms with Crippen LogP contribution < -0.4 is 9.47 Å². The largest absolute Gasteiger partial charge is 0.493 e. The van der Waals surface area contributed by atoms with Gasteiger partial charge in [-0.1, -0.05) is 12.1 Å². The second-order valence-corrected chi connectivity index (χ2v) is 6.35. The topological polar surface area (TPSA) is 69.7 Å². The van der Waals surface area contributed by atoms with Crippen molar-refractivity contribution in [2.24, 2.45) is 0 Å². The van der Waals surface area contributed by atoms with Crippen LogP contribution in [0.1, 0.15) is 10.4 Å². The minimum absolute atomic E-state index is 0.149. The summed E-state index contributed by atoms with van der Waals surface area (Å²) in [6.45, 7) is 0. The quantitative estimate of drug-likeness (QED) is 0.640. The molecule has 0 bridgehead atoms. The van der Waals surface area contributed by atoms with Crippen LogP contribution in [-0.2, 0) is 9.84 Å². The molecule has 21 heavy (non-hydrogen) atoms. The highest BCUT2D eigenvalue weighted by Crippen LogP contribution is 2.26. The van der Waals surface area contributed by atoms with Crippen molar-refractivity contribution in [3.63, 3.8) is 0 Å². The van der Waals surface area contributed by atoms with Crippen LogP contribution in [0.3, 0.4) is 0 Å². The molecular weight excluding hydrogens is 292 g/mol. The highest BCUT2D eigenvalue weighted by Gasteiger charge is 2.13. The Morgan fingerprint density at radius 2 is 1.52 bits per heavy atom. The fourth-order valence-corrected chi connectivity index (χ4v) is 2.33. The number of methoxy groups -OCH3 is 1. The van der Waals surface area contributed by atoms with Gasteiger partial charge in [0, 0.05) is 6.26 Å². The number of sulfone groups is 1. The summed E-state index contributed by atoms with van der Waals surface area (Å²) in [4.78, 5) is 12.2. The molecule has 0 aliphatic rings. The fourth-order valence-electron chi connectivity index (χ4n) is 1.70. The number of carbonyl (C=O) groups excluding carboxylic acids is 1. The third kappa shape index (κ3) is 3.61. The number of hydrogen-bond acceptors (Lipinski definition) is 5. The molecule has 0 saturated heterocycles. The summed E-state index contributed by atoms with van der Waals surface area (Å²) < 4.78 is 33.0. The van der Waals surface area contributed by atoms with Crippen LogP contribution in [0.25, 0.3) is 0 Å². The summed E-state index contributed by atoms with van der Waals surface area (Å²) in [5.41, 5.74) is 0.258. The molecule has 2 aromatic rings. The van der Waals surface area contributed by atoms with Crippen molar-refractivity contribution in [1.29, 1.82) is 0 Å². The van der Waals surface area contributed by atoms with E-state index < -0.39 is 15.8 Å². The Balaban J connectivity index is 2.21. The van der Waals surface area contributed by atoms with Gasteiger partial charge in [-0.25, -0.2) is 13.2 Å². The number of para-hydroxylation sites is 2. The normalized spacial score (nSPS) is 11.0. The molecule has 6 heteroatoms. The number of ether oxygens (including phenoxy) is 2. The molecule has 5 nitrogen and oxygen atoms in total. The highest BCUT2D eigenvalue weighted by molar-refractivity contribution is 7.90. The van der Waals surface area contributed by atoms with Gasteiger partial charge in [0.1, 0.15) is 0 Å². The third-order valence-electron chi connectivity index (χ3n) is 2.79. The van der Waals surface area contributed by atoms with Crippen LogP contribution in [0, 0.1) is 0 Å². The van der Waals surface area contributed by atoms with Gasteiger partial charge in [-0.2, -0.15) is 0 Å². The van der Waals surface area contributed by atoms with Gasteiger partial charge < -0.3 is 9.47 Å². The molecule has 0 amide bonds. The van der Waals surface area contributed by atoms with E-state index in [-0.39, 0.29) is 10.5 Å². The maximum atomic E-state index is 12.0. The van der Waals surface area contributed by atoms with Gasteiger partial charge in [-0.3, -0.25) is 0 Å². The van der Waals surface area contributed by atoms with Crippen LogP contribution >= 0.6 is 0 Å². The first-order valence-corrected chi connectivity index (χ1v) is 7.96. The monoisotopic (exact) mass is 306 g/mol. The summed E-state index contributed by atoms with van der Waals surface area (Å²) in [6.07, 6.45) is 1.11. The second-order valence-electron chi connectivity index (χ2n) is 4.34. The molecule has 0 aliphatic heterocycles. The molecular formula is C15H14O5S. The first-order chi connectivity index (χ1) is 9.91. The molecule has 0 N–H and O–H groups in total. The van der Waals surface area contributed by atoms with Crippen LogP contribution in [0.5, 0.6) is 11.5 Å². The molecule has 0 fully saturated rings. The van der Waals surface area contributed by atoms with Gasteiger partial charge >= 0.3 is 5.97 Å². The number of hydrogen-bond donors (Lipinski definition) is 0. The van der Waals surface area contributed by atoms with Crippen LogP contribution in [0.15, 0.2) is 53.4 Å². The van der Waals surface area contributed by atoms with E-state index in [4.69, 9.17) is 9.47 Å². The summed E-state index contributed by atoms with van der Waals surface area (Å²) in [5, 5.41) is 0. The Hall–Kier alpha value is -2.34. The molecule has 0 spiro atoms. The van der Waals surface area contributed by atoms with Crippen LogP contribution in [0.4, 0.5) is 0 Å². The standard InChI is InChI=1S/C15H14O5S/c1-19-13-5-3-4-6-14(13)20-15(16)11-7-9-12(10-8-11)21(2,17)18/h3-10H,1-2H3. The van der Waals surface area contributed by atoms with Crippen molar-refractivity contribution >= 4 is 15.8 Å². The molecule has 0 atom stereocenters. The molecule has 0 unspecified atom stereocenters. The van der Waals surface area contributed by atoms with Gasteiger partial charge in [0.15, 0.2) is 21.3 Å². The number of esters is 1. The lowest BCUT2D eigenvalue weighted by Crippen LogP contribution is -2.09.